The number of carboxylic acid groups (broad SMARTS) is 1. The number of carboxylic acids is 1. The normalized spacial score (nSPS) is 11.9. The summed E-state index contributed by atoms with van der Waals surface area (Å²) in [7, 11) is 1.76. The van der Waals surface area contributed by atoms with Gasteiger partial charge < -0.3 is 15.7 Å². The summed E-state index contributed by atoms with van der Waals surface area (Å²) in [5.74, 6) is -1.07. The molecule has 16 heavy (non-hydrogen) atoms. The van der Waals surface area contributed by atoms with E-state index in [9.17, 15) is 9.59 Å². The first kappa shape index (κ1) is 12.0. The van der Waals surface area contributed by atoms with Crippen molar-refractivity contribution in [2.45, 2.75) is 19.5 Å². The molecule has 0 saturated carbocycles. The second kappa shape index (κ2) is 5.15. The Morgan fingerprint density at radius 2 is 2.31 bits per heavy atom. The lowest BCUT2D eigenvalue weighted by molar-refractivity contribution is -0.138. The van der Waals surface area contributed by atoms with Crippen LogP contribution in [0.5, 0.6) is 0 Å². The Balaban J connectivity index is 2.36. The molecule has 1 aromatic rings. The zero-order valence-corrected chi connectivity index (χ0v) is 9.10. The van der Waals surface area contributed by atoms with Gasteiger partial charge in [-0.3, -0.25) is 9.48 Å². The van der Waals surface area contributed by atoms with Gasteiger partial charge in [-0.1, -0.05) is 0 Å². The monoisotopic (exact) mass is 226 g/mol. The van der Waals surface area contributed by atoms with Crippen LogP contribution in [-0.4, -0.2) is 32.9 Å². The Morgan fingerprint density at radius 3 is 2.81 bits per heavy atom. The quantitative estimate of drug-likeness (QED) is 0.656. The number of carbonyl (C=O) groups excluding carboxylic acids is 1. The van der Waals surface area contributed by atoms with Gasteiger partial charge in [-0.2, -0.15) is 5.10 Å². The topological polar surface area (TPSA) is 96.3 Å². The van der Waals surface area contributed by atoms with Gasteiger partial charge in [0.15, 0.2) is 0 Å². The largest absolute Gasteiger partial charge is 0.480 e. The third-order valence-corrected chi connectivity index (χ3v) is 2.07. The maximum absolute atomic E-state index is 11.2. The van der Waals surface area contributed by atoms with Gasteiger partial charge in [-0.25, -0.2) is 4.79 Å². The minimum atomic E-state index is -1.07. The molecule has 3 N–H and O–H groups in total. The minimum Gasteiger partial charge on any atom is -0.480 e. The molecule has 2 amide bonds. The summed E-state index contributed by atoms with van der Waals surface area (Å²) in [5, 5.41) is 17.3. The number of carbonyl (C=O) groups is 2. The molecule has 7 nitrogen and oxygen atoms in total. The van der Waals surface area contributed by atoms with E-state index in [2.05, 4.69) is 15.7 Å². The van der Waals surface area contributed by atoms with Crippen molar-refractivity contribution in [2.24, 2.45) is 7.05 Å². The van der Waals surface area contributed by atoms with E-state index in [1.54, 1.807) is 24.0 Å². The highest BCUT2D eigenvalue weighted by Crippen LogP contribution is 1.94. The molecule has 88 valence electrons. The molecule has 1 atom stereocenters. The van der Waals surface area contributed by atoms with Crippen LogP contribution in [0.4, 0.5) is 4.79 Å². The van der Waals surface area contributed by atoms with Crippen LogP contribution < -0.4 is 10.6 Å². The van der Waals surface area contributed by atoms with E-state index in [1.807, 2.05) is 0 Å². The Kier molecular flexibility index (Phi) is 3.87. The highest BCUT2D eigenvalue weighted by atomic mass is 16.4. The van der Waals surface area contributed by atoms with Gasteiger partial charge in [-0.05, 0) is 13.0 Å². The summed E-state index contributed by atoms with van der Waals surface area (Å²) < 4.78 is 1.63. The summed E-state index contributed by atoms with van der Waals surface area (Å²) in [6.07, 6.45) is 1.62. The number of nitrogens with zero attached hydrogens (tertiary/aromatic N) is 2. The Morgan fingerprint density at radius 1 is 1.62 bits per heavy atom. The predicted octanol–water partition coefficient (Wildman–Crippen LogP) is -0.308. The summed E-state index contributed by atoms with van der Waals surface area (Å²) in [4.78, 5) is 21.7. The fourth-order valence-electron chi connectivity index (χ4n) is 1.05. The van der Waals surface area contributed by atoms with E-state index in [0.29, 0.717) is 6.54 Å². The van der Waals surface area contributed by atoms with Gasteiger partial charge in [0.25, 0.3) is 0 Å². The number of aromatic nitrogens is 2. The van der Waals surface area contributed by atoms with Crippen molar-refractivity contribution in [3.05, 3.63) is 18.0 Å². The SMILES string of the molecule is C[C@@H](NC(=O)NCc1ccnn1C)C(=O)O. The van der Waals surface area contributed by atoms with Crippen LogP contribution in [-0.2, 0) is 18.4 Å². The molecular formula is C9H14N4O3. The first-order valence-electron chi connectivity index (χ1n) is 4.74. The lowest BCUT2D eigenvalue weighted by atomic mass is 10.3. The summed E-state index contributed by atoms with van der Waals surface area (Å²) >= 11 is 0. The molecule has 1 aromatic heterocycles. The van der Waals surface area contributed by atoms with Gasteiger partial charge in [0.2, 0.25) is 0 Å². The van der Waals surface area contributed by atoms with Crippen LogP contribution in [0.15, 0.2) is 12.3 Å². The van der Waals surface area contributed by atoms with Crippen molar-refractivity contribution in [3.8, 4) is 0 Å². The number of urea groups is 1. The standard InChI is InChI=1S/C9H14N4O3/c1-6(8(14)15)12-9(16)10-5-7-3-4-11-13(7)2/h3-4,6H,5H2,1-2H3,(H,14,15)(H2,10,12,16)/t6-/m1/s1. The van der Waals surface area contributed by atoms with E-state index >= 15 is 0 Å². The Hall–Kier alpha value is -2.05. The van der Waals surface area contributed by atoms with Crippen molar-refractivity contribution < 1.29 is 14.7 Å². The number of amides is 2. The molecule has 0 unspecified atom stereocenters. The van der Waals surface area contributed by atoms with E-state index < -0.39 is 18.0 Å². The molecule has 1 heterocycles. The Labute approximate surface area is 92.4 Å². The van der Waals surface area contributed by atoms with Crippen LogP contribution in [0.25, 0.3) is 0 Å². The molecule has 0 radical (unpaired) electrons. The fraction of sp³-hybridized carbons (Fsp3) is 0.444. The molecule has 0 spiro atoms. The van der Waals surface area contributed by atoms with E-state index in [-0.39, 0.29) is 0 Å². The van der Waals surface area contributed by atoms with Crippen molar-refractivity contribution >= 4 is 12.0 Å². The van der Waals surface area contributed by atoms with Crippen molar-refractivity contribution in [2.75, 3.05) is 0 Å². The van der Waals surface area contributed by atoms with E-state index in [0.717, 1.165) is 5.69 Å². The van der Waals surface area contributed by atoms with E-state index in [4.69, 9.17) is 5.11 Å². The highest BCUT2D eigenvalue weighted by Gasteiger charge is 2.13. The third-order valence-electron chi connectivity index (χ3n) is 2.07. The number of rotatable bonds is 4. The maximum atomic E-state index is 11.2. The van der Waals surface area contributed by atoms with Crippen molar-refractivity contribution in [1.29, 1.82) is 0 Å². The van der Waals surface area contributed by atoms with Gasteiger partial charge >= 0.3 is 12.0 Å². The van der Waals surface area contributed by atoms with Crippen LogP contribution in [0, 0.1) is 0 Å². The van der Waals surface area contributed by atoms with Gasteiger partial charge in [0, 0.05) is 13.2 Å². The molecule has 0 aromatic carbocycles. The molecule has 0 aliphatic heterocycles. The van der Waals surface area contributed by atoms with Crippen LogP contribution in [0.1, 0.15) is 12.6 Å². The minimum absolute atomic E-state index is 0.300. The number of hydrogen-bond acceptors (Lipinski definition) is 3. The van der Waals surface area contributed by atoms with Crippen molar-refractivity contribution in [3.63, 3.8) is 0 Å². The molecule has 7 heteroatoms. The fourth-order valence-corrected chi connectivity index (χ4v) is 1.05. The summed E-state index contributed by atoms with van der Waals surface area (Å²) in [6.45, 7) is 1.70. The average Bonchev–Trinajstić information content (AvgIpc) is 2.61. The Bertz CT molecular complexity index is 388. The second-order valence-corrected chi connectivity index (χ2v) is 3.33. The van der Waals surface area contributed by atoms with Crippen LogP contribution >= 0.6 is 0 Å². The molecular weight excluding hydrogens is 212 g/mol. The summed E-state index contributed by atoms with van der Waals surface area (Å²) in [5.41, 5.74) is 0.832. The first-order valence-corrected chi connectivity index (χ1v) is 4.74. The molecule has 1 rings (SSSR count). The zero-order valence-electron chi connectivity index (χ0n) is 9.10. The third kappa shape index (κ3) is 3.26. The smallest absolute Gasteiger partial charge is 0.325 e. The number of hydrogen-bond donors (Lipinski definition) is 3. The lowest BCUT2D eigenvalue weighted by Crippen LogP contribution is -2.44. The maximum Gasteiger partial charge on any atom is 0.325 e. The number of aliphatic carboxylic acids is 1. The highest BCUT2D eigenvalue weighted by molar-refractivity contribution is 5.82. The first-order chi connectivity index (χ1) is 7.50. The second-order valence-electron chi connectivity index (χ2n) is 3.33. The molecule has 0 aliphatic rings. The molecule has 0 bridgehead atoms. The lowest BCUT2D eigenvalue weighted by Gasteiger charge is -2.10. The van der Waals surface area contributed by atoms with Crippen LogP contribution in [0.2, 0.25) is 0 Å². The summed E-state index contributed by atoms with van der Waals surface area (Å²) in [6, 6.07) is 0.337. The van der Waals surface area contributed by atoms with Gasteiger partial charge in [0.05, 0.1) is 12.2 Å². The van der Waals surface area contributed by atoms with E-state index in [1.165, 1.54) is 6.92 Å². The zero-order chi connectivity index (χ0) is 12.1. The van der Waals surface area contributed by atoms with Gasteiger partial charge in [0.1, 0.15) is 6.04 Å². The van der Waals surface area contributed by atoms with Gasteiger partial charge in [-0.15, -0.1) is 0 Å². The van der Waals surface area contributed by atoms with Crippen LogP contribution in [0.3, 0.4) is 0 Å². The number of nitrogens with one attached hydrogen (secondary N) is 2. The molecule has 0 aliphatic carbocycles. The predicted molar refractivity (Wildman–Crippen MR) is 55.7 cm³/mol. The molecule has 0 fully saturated rings. The number of aryl methyl sites for hydroxylation is 1. The average molecular weight is 226 g/mol. The van der Waals surface area contributed by atoms with Crippen molar-refractivity contribution in [1.82, 2.24) is 20.4 Å². The molecule has 0 saturated heterocycles.